The maximum atomic E-state index is 6.20. The van der Waals surface area contributed by atoms with Gasteiger partial charge >= 0.3 is 0 Å². The van der Waals surface area contributed by atoms with Gasteiger partial charge in [-0.25, -0.2) is 9.97 Å². The Morgan fingerprint density at radius 3 is 2.79 bits per heavy atom. The Hall–Kier alpha value is -1.61. The highest BCUT2D eigenvalue weighted by Crippen LogP contribution is 2.36. The highest BCUT2D eigenvalue weighted by molar-refractivity contribution is 6.32. The number of halogens is 1. The molecule has 1 aromatic heterocycles. The molecular weight excluding hydrogens is 258 g/mol. The molecule has 0 saturated carbocycles. The maximum Gasteiger partial charge on any atom is 0.151 e. The summed E-state index contributed by atoms with van der Waals surface area (Å²) in [6.07, 6.45) is 4.35. The molecule has 0 bridgehead atoms. The minimum Gasteiger partial charge on any atom is -0.352 e. The van der Waals surface area contributed by atoms with Crippen molar-refractivity contribution in [3.05, 3.63) is 53.4 Å². The third-order valence-corrected chi connectivity index (χ3v) is 4.03. The van der Waals surface area contributed by atoms with Crippen LogP contribution in [0.15, 0.2) is 42.9 Å². The Kier molecular flexibility index (Phi) is 3.38. The zero-order valence-corrected chi connectivity index (χ0v) is 11.6. The van der Waals surface area contributed by atoms with Crippen molar-refractivity contribution >= 4 is 17.4 Å². The molecule has 1 aliphatic heterocycles. The molecule has 2 heterocycles. The molecule has 2 aromatic rings. The Bertz CT molecular complexity index is 558. The summed E-state index contributed by atoms with van der Waals surface area (Å²) < 4.78 is 0. The third kappa shape index (κ3) is 2.43. The van der Waals surface area contributed by atoms with Gasteiger partial charge in [0.05, 0.1) is 6.20 Å². The van der Waals surface area contributed by atoms with E-state index in [1.165, 1.54) is 5.56 Å². The number of benzene rings is 1. The predicted molar refractivity (Wildman–Crippen MR) is 77.7 cm³/mol. The summed E-state index contributed by atoms with van der Waals surface area (Å²) >= 11 is 6.20. The number of hydrogen-bond donors (Lipinski definition) is 0. The molecule has 2 atom stereocenters. The number of hydrogen-bond acceptors (Lipinski definition) is 3. The molecule has 0 N–H and O–H groups in total. The molecule has 3 rings (SSSR count). The Morgan fingerprint density at radius 2 is 2.05 bits per heavy atom. The lowest BCUT2D eigenvalue weighted by Gasteiger charge is -2.23. The largest absolute Gasteiger partial charge is 0.352 e. The maximum absolute atomic E-state index is 6.20. The van der Waals surface area contributed by atoms with Gasteiger partial charge in [-0.2, -0.15) is 0 Å². The van der Waals surface area contributed by atoms with E-state index in [1.54, 1.807) is 12.5 Å². The number of anilines is 1. The molecule has 1 saturated heterocycles. The van der Waals surface area contributed by atoms with Gasteiger partial charge in [-0.15, -0.1) is 0 Å². The zero-order chi connectivity index (χ0) is 13.2. The van der Waals surface area contributed by atoms with Crippen LogP contribution in [-0.2, 0) is 0 Å². The second kappa shape index (κ2) is 5.17. The van der Waals surface area contributed by atoms with E-state index < -0.39 is 0 Å². The second-order valence-electron chi connectivity index (χ2n) is 5.04. The van der Waals surface area contributed by atoms with Crippen molar-refractivity contribution in [2.75, 3.05) is 11.4 Å². The van der Waals surface area contributed by atoms with Crippen molar-refractivity contribution in [2.45, 2.75) is 25.3 Å². The van der Waals surface area contributed by atoms with Gasteiger partial charge in [0.15, 0.2) is 5.82 Å². The quantitative estimate of drug-likeness (QED) is 0.838. The monoisotopic (exact) mass is 273 g/mol. The molecule has 19 heavy (non-hydrogen) atoms. The van der Waals surface area contributed by atoms with Crippen LogP contribution in [0.5, 0.6) is 0 Å². The molecule has 2 unspecified atom stereocenters. The van der Waals surface area contributed by atoms with Crippen molar-refractivity contribution < 1.29 is 0 Å². The van der Waals surface area contributed by atoms with Gasteiger partial charge in [-0.1, -0.05) is 41.9 Å². The fourth-order valence-corrected chi connectivity index (χ4v) is 3.02. The average molecular weight is 274 g/mol. The van der Waals surface area contributed by atoms with Crippen molar-refractivity contribution in [1.29, 1.82) is 0 Å². The topological polar surface area (TPSA) is 29.0 Å². The van der Waals surface area contributed by atoms with Crippen molar-refractivity contribution in [1.82, 2.24) is 9.97 Å². The minimum atomic E-state index is 0.442. The van der Waals surface area contributed by atoms with Crippen molar-refractivity contribution in [2.24, 2.45) is 0 Å². The number of rotatable bonds is 2. The first-order valence-electron chi connectivity index (χ1n) is 6.53. The molecule has 1 aromatic carbocycles. The molecule has 4 heteroatoms. The lowest BCUT2D eigenvalue weighted by atomic mass is 9.97. The summed E-state index contributed by atoms with van der Waals surface area (Å²) in [6.45, 7) is 3.18. The Balaban J connectivity index is 1.85. The van der Waals surface area contributed by atoms with Gasteiger partial charge in [0.25, 0.3) is 0 Å². The Morgan fingerprint density at radius 1 is 1.26 bits per heavy atom. The first kappa shape index (κ1) is 12.4. The fourth-order valence-electron chi connectivity index (χ4n) is 2.81. The highest BCUT2D eigenvalue weighted by atomic mass is 35.5. The van der Waals surface area contributed by atoms with Crippen LogP contribution in [0.3, 0.4) is 0 Å². The molecular formula is C15H16ClN3. The molecule has 3 nitrogen and oxygen atoms in total. The smallest absolute Gasteiger partial charge is 0.151 e. The van der Waals surface area contributed by atoms with Crippen LogP contribution in [0.25, 0.3) is 0 Å². The molecule has 0 spiro atoms. The van der Waals surface area contributed by atoms with Gasteiger partial charge in [-0.3, -0.25) is 0 Å². The third-order valence-electron chi connectivity index (χ3n) is 3.77. The van der Waals surface area contributed by atoms with Crippen LogP contribution in [-0.4, -0.2) is 22.6 Å². The summed E-state index contributed by atoms with van der Waals surface area (Å²) in [4.78, 5) is 10.5. The van der Waals surface area contributed by atoms with Gasteiger partial charge in [0.2, 0.25) is 0 Å². The average Bonchev–Trinajstić information content (AvgIpc) is 2.82. The fraction of sp³-hybridized carbons (Fsp3) is 0.333. The first-order chi connectivity index (χ1) is 9.25. The second-order valence-corrected chi connectivity index (χ2v) is 5.45. The highest BCUT2D eigenvalue weighted by Gasteiger charge is 2.31. The summed E-state index contributed by atoms with van der Waals surface area (Å²) in [5.41, 5.74) is 1.39. The van der Waals surface area contributed by atoms with E-state index in [9.17, 15) is 0 Å². The minimum absolute atomic E-state index is 0.442. The van der Waals surface area contributed by atoms with Crippen molar-refractivity contribution in [3.8, 4) is 0 Å². The molecule has 0 radical (unpaired) electrons. The van der Waals surface area contributed by atoms with Gasteiger partial charge in [0.1, 0.15) is 11.3 Å². The van der Waals surface area contributed by atoms with Gasteiger partial charge in [0, 0.05) is 18.5 Å². The zero-order valence-electron chi connectivity index (χ0n) is 10.8. The lowest BCUT2D eigenvalue weighted by Crippen LogP contribution is -2.27. The van der Waals surface area contributed by atoms with Crippen LogP contribution in [0.4, 0.5) is 5.82 Å². The van der Waals surface area contributed by atoms with E-state index in [2.05, 4.69) is 52.1 Å². The first-order valence-corrected chi connectivity index (χ1v) is 6.90. The standard InChI is InChI=1S/C15H16ClN3/c1-11-7-13(12-5-3-2-4-6-12)9-19(11)15-14(16)8-17-10-18-15/h2-6,8,10-11,13H,7,9H2,1H3. The van der Waals surface area contributed by atoms with Gasteiger partial charge < -0.3 is 4.90 Å². The SMILES string of the molecule is CC1CC(c2ccccc2)CN1c1ncncc1Cl. The van der Waals surface area contributed by atoms with E-state index in [-0.39, 0.29) is 0 Å². The Labute approximate surface area is 118 Å². The summed E-state index contributed by atoms with van der Waals surface area (Å²) in [6, 6.07) is 11.1. The van der Waals surface area contributed by atoms with E-state index in [0.717, 1.165) is 18.8 Å². The lowest BCUT2D eigenvalue weighted by molar-refractivity contribution is 0.696. The molecule has 0 amide bonds. The summed E-state index contributed by atoms with van der Waals surface area (Å²) in [7, 11) is 0. The van der Waals surface area contributed by atoms with Crippen LogP contribution in [0.1, 0.15) is 24.8 Å². The molecule has 98 valence electrons. The van der Waals surface area contributed by atoms with E-state index in [4.69, 9.17) is 11.6 Å². The number of aromatic nitrogens is 2. The van der Waals surface area contributed by atoms with Crippen LogP contribution >= 0.6 is 11.6 Å². The molecule has 1 aliphatic rings. The molecule has 1 fully saturated rings. The summed E-state index contributed by atoms with van der Waals surface area (Å²) in [5, 5.41) is 0.628. The number of nitrogens with zero attached hydrogens (tertiary/aromatic N) is 3. The van der Waals surface area contributed by atoms with E-state index >= 15 is 0 Å². The normalized spacial score (nSPS) is 22.7. The van der Waals surface area contributed by atoms with Crippen molar-refractivity contribution in [3.63, 3.8) is 0 Å². The van der Waals surface area contributed by atoms with E-state index in [0.29, 0.717) is 17.0 Å². The molecule has 0 aliphatic carbocycles. The van der Waals surface area contributed by atoms with Crippen LogP contribution < -0.4 is 4.90 Å². The van der Waals surface area contributed by atoms with Crippen LogP contribution in [0, 0.1) is 0 Å². The predicted octanol–water partition coefficient (Wildman–Crippen LogP) is 3.51. The summed E-state index contributed by atoms with van der Waals surface area (Å²) in [5.74, 6) is 1.39. The van der Waals surface area contributed by atoms with E-state index in [1.807, 2.05) is 0 Å². The van der Waals surface area contributed by atoms with Crippen LogP contribution in [0.2, 0.25) is 5.02 Å². The van der Waals surface area contributed by atoms with Gasteiger partial charge in [-0.05, 0) is 18.9 Å².